The fourth-order valence-electron chi connectivity index (χ4n) is 3.11. The van der Waals surface area contributed by atoms with E-state index >= 15 is 0 Å². The highest BCUT2D eigenvalue weighted by atomic mass is 35.5. The number of aliphatic hydroxyl groups excluding tert-OH is 3. The van der Waals surface area contributed by atoms with Gasteiger partial charge in [-0.2, -0.15) is 0 Å². The topological polar surface area (TPSA) is 116 Å². The summed E-state index contributed by atoms with van der Waals surface area (Å²) < 4.78 is 1.70. The molecule has 0 amide bonds. The molecule has 1 saturated heterocycles. The van der Waals surface area contributed by atoms with Crippen molar-refractivity contribution in [3.8, 4) is 0 Å². The van der Waals surface area contributed by atoms with Crippen LogP contribution in [0.25, 0.3) is 11.2 Å². The minimum absolute atomic E-state index is 0.215. The molecule has 1 aliphatic rings. The lowest BCUT2D eigenvalue weighted by atomic mass is 10.1. The zero-order valence-corrected chi connectivity index (χ0v) is 15.7. The van der Waals surface area contributed by atoms with Crippen molar-refractivity contribution in [3.63, 3.8) is 0 Å². The van der Waals surface area contributed by atoms with Crippen LogP contribution in [0.5, 0.6) is 0 Å². The molecule has 1 fully saturated rings. The highest BCUT2D eigenvalue weighted by Gasteiger charge is 2.43. The number of aromatic nitrogens is 4. The van der Waals surface area contributed by atoms with E-state index in [4.69, 9.17) is 11.6 Å². The fraction of sp³-hybridized carbons (Fsp3) is 0.353. The molecule has 0 bridgehead atoms. The minimum Gasteiger partial charge on any atom is -0.395 e. The van der Waals surface area contributed by atoms with Crippen LogP contribution >= 0.6 is 23.4 Å². The molecule has 2 aromatic heterocycles. The van der Waals surface area contributed by atoms with Gasteiger partial charge in [0.15, 0.2) is 11.5 Å². The zero-order chi connectivity index (χ0) is 19.0. The van der Waals surface area contributed by atoms with E-state index in [1.165, 1.54) is 18.1 Å². The number of hydrogen-bond acceptors (Lipinski definition) is 8. The number of aliphatic hydroxyl groups is 3. The van der Waals surface area contributed by atoms with Gasteiger partial charge < -0.3 is 20.6 Å². The molecule has 0 unspecified atom stereocenters. The second kappa shape index (κ2) is 7.61. The number of benzene rings is 1. The summed E-state index contributed by atoms with van der Waals surface area (Å²) in [6, 6.07) is 7.52. The third-order valence-corrected chi connectivity index (χ3v) is 6.30. The molecule has 142 valence electrons. The van der Waals surface area contributed by atoms with Crippen LogP contribution in [0, 0.1) is 0 Å². The number of hydrogen-bond donors (Lipinski definition) is 4. The standard InChI is InChI=1S/C17H18ClN5O3S/c18-10-3-1-2-9(4-10)5-19-15-12-16(21-7-20-15)23(8-22-12)17-14(26)13(25)11(6-24)27-17/h1-4,7-8,11,13-14,17,24-26H,5-6H2,(H,19,20,21)/t11-,13-,14-,17-/m1/s1. The molecule has 1 aliphatic heterocycles. The lowest BCUT2D eigenvalue weighted by molar-refractivity contribution is 0.0113. The van der Waals surface area contributed by atoms with Crippen molar-refractivity contribution < 1.29 is 15.3 Å². The summed E-state index contributed by atoms with van der Waals surface area (Å²) >= 11 is 7.31. The van der Waals surface area contributed by atoms with E-state index in [1.54, 1.807) is 10.9 Å². The maximum Gasteiger partial charge on any atom is 0.166 e. The first-order chi connectivity index (χ1) is 13.1. The van der Waals surface area contributed by atoms with Crippen LogP contribution in [0.1, 0.15) is 10.9 Å². The van der Waals surface area contributed by atoms with Gasteiger partial charge in [-0.15, -0.1) is 11.8 Å². The smallest absolute Gasteiger partial charge is 0.166 e. The molecule has 4 N–H and O–H groups in total. The molecule has 0 saturated carbocycles. The van der Waals surface area contributed by atoms with Gasteiger partial charge in [0.2, 0.25) is 0 Å². The van der Waals surface area contributed by atoms with Gasteiger partial charge >= 0.3 is 0 Å². The number of anilines is 1. The van der Waals surface area contributed by atoms with Gasteiger partial charge in [0, 0.05) is 11.6 Å². The minimum atomic E-state index is -1.03. The zero-order valence-electron chi connectivity index (χ0n) is 14.1. The van der Waals surface area contributed by atoms with Crippen molar-refractivity contribution in [2.75, 3.05) is 11.9 Å². The number of nitrogens with one attached hydrogen (secondary N) is 1. The molecule has 27 heavy (non-hydrogen) atoms. The first kappa shape index (κ1) is 18.5. The number of rotatable bonds is 5. The lowest BCUT2D eigenvalue weighted by Crippen LogP contribution is -2.32. The monoisotopic (exact) mass is 407 g/mol. The summed E-state index contributed by atoms with van der Waals surface area (Å²) in [5.74, 6) is 0.565. The van der Waals surface area contributed by atoms with Crippen molar-refractivity contribution >= 4 is 40.3 Å². The van der Waals surface area contributed by atoms with Crippen LogP contribution in [0.2, 0.25) is 5.02 Å². The van der Waals surface area contributed by atoms with Gasteiger partial charge in [-0.3, -0.25) is 4.57 Å². The number of nitrogens with zero attached hydrogens (tertiary/aromatic N) is 4. The van der Waals surface area contributed by atoms with E-state index in [1.807, 2.05) is 24.3 Å². The predicted molar refractivity (Wildman–Crippen MR) is 104 cm³/mol. The molecular formula is C17H18ClN5O3S. The normalized spacial score (nSPS) is 25.2. The Morgan fingerprint density at radius 1 is 1.19 bits per heavy atom. The Morgan fingerprint density at radius 3 is 2.78 bits per heavy atom. The Hall–Kier alpha value is -1.91. The van der Waals surface area contributed by atoms with Crippen LogP contribution in [0.3, 0.4) is 0 Å². The number of thioether (sulfide) groups is 1. The summed E-state index contributed by atoms with van der Waals surface area (Å²) in [5, 5.41) is 32.7. The van der Waals surface area contributed by atoms with Gasteiger partial charge in [0.05, 0.1) is 24.3 Å². The molecule has 0 aliphatic carbocycles. The van der Waals surface area contributed by atoms with Gasteiger partial charge in [0.1, 0.15) is 23.3 Å². The average Bonchev–Trinajstić information content (AvgIpc) is 3.22. The van der Waals surface area contributed by atoms with Crippen molar-refractivity contribution in [1.82, 2.24) is 19.5 Å². The lowest BCUT2D eigenvalue weighted by Gasteiger charge is -2.17. The molecule has 3 heterocycles. The largest absolute Gasteiger partial charge is 0.395 e. The third kappa shape index (κ3) is 3.48. The Morgan fingerprint density at radius 2 is 2.04 bits per heavy atom. The van der Waals surface area contributed by atoms with E-state index in [2.05, 4.69) is 20.3 Å². The van der Waals surface area contributed by atoms with Gasteiger partial charge in [0.25, 0.3) is 0 Å². The van der Waals surface area contributed by atoms with Crippen LogP contribution in [0.15, 0.2) is 36.9 Å². The van der Waals surface area contributed by atoms with E-state index in [0.717, 1.165) is 5.56 Å². The molecule has 0 radical (unpaired) electrons. The Labute approximate surface area is 164 Å². The quantitative estimate of drug-likeness (QED) is 0.501. The van der Waals surface area contributed by atoms with Gasteiger partial charge in [-0.1, -0.05) is 23.7 Å². The van der Waals surface area contributed by atoms with Crippen molar-refractivity contribution in [2.24, 2.45) is 0 Å². The number of halogens is 1. The molecular weight excluding hydrogens is 390 g/mol. The average molecular weight is 408 g/mol. The molecule has 0 spiro atoms. The highest BCUT2D eigenvalue weighted by Crippen LogP contribution is 2.42. The molecule has 10 heteroatoms. The second-order valence-electron chi connectivity index (χ2n) is 6.26. The molecule has 8 nitrogen and oxygen atoms in total. The Bertz CT molecular complexity index is 955. The van der Waals surface area contributed by atoms with Crippen molar-refractivity contribution in [1.29, 1.82) is 0 Å². The van der Waals surface area contributed by atoms with Crippen LogP contribution in [0.4, 0.5) is 5.82 Å². The maximum absolute atomic E-state index is 10.3. The van der Waals surface area contributed by atoms with Gasteiger partial charge in [-0.25, -0.2) is 15.0 Å². The molecule has 4 rings (SSSR count). The van der Waals surface area contributed by atoms with E-state index < -0.39 is 22.8 Å². The van der Waals surface area contributed by atoms with Crippen molar-refractivity contribution in [2.45, 2.75) is 29.4 Å². The molecule has 3 aromatic rings. The number of fused-ring (bicyclic) bond motifs is 1. The molecule has 4 atom stereocenters. The van der Waals surface area contributed by atoms with Crippen LogP contribution in [-0.2, 0) is 6.54 Å². The molecule has 1 aromatic carbocycles. The Kier molecular flexibility index (Phi) is 5.20. The first-order valence-electron chi connectivity index (χ1n) is 8.37. The van der Waals surface area contributed by atoms with E-state index in [-0.39, 0.29) is 6.61 Å². The first-order valence-corrected chi connectivity index (χ1v) is 9.69. The summed E-state index contributed by atoms with van der Waals surface area (Å²) in [6.45, 7) is 0.305. The highest BCUT2D eigenvalue weighted by molar-refractivity contribution is 8.00. The predicted octanol–water partition coefficient (Wildman–Crippen LogP) is 1.42. The van der Waals surface area contributed by atoms with E-state index in [0.29, 0.717) is 28.5 Å². The Balaban J connectivity index is 1.60. The SMILES string of the molecule is OC[C@H]1S[C@@H](n2cnc3c(NCc4cccc(Cl)c4)ncnc32)[C@H](O)[C@@H]1O. The second-order valence-corrected chi connectivity index (χ2v) is 8.06. The maximum atomic E-state index is 10.3. The van der Waals surface area contributed by atoms with Crippen LogP contribution < -0.4 is 5.32 Å². The fourth-order valence-corrected chi connectivity index (χ4v) is 4.70. The summed E-state index contributed by atoms with van der Waals surface area (Å²) in [7, 11) is 0. The summed E-state index contributed by atoms with van der Waals surface area (Å²) in [4.78, 5) is 12.9. The van der Waals surface area contributed by atoms with Crippen molar-refractivity contribution in [3.05, 3.63) is 47.5 Å². The van der Waals surface area contributed by atoms with Crippen LogP contribution in [-0.4, -0.2) is 58.9 Å². The third-order valence-electron chi connectivity index (χ3n) is 4.50. The van der Waals surface area contributed by atoms with Gasteiger partial charge in [-0.05, 0) is 17.7 Å². The summed E-state index contributed by atoms with van der Waals surface area (Å²) in [6.07, 6.45) is 0.955. The summed E-state index contributed by atoms with van der Waals surface area (Å²) in [5.41, 5.74) is 2.11. The number of imidazole rings is 1. The van der Waals surface area contributed by atoms with E-state index in [9.17, 15) is 15.3 Å².